The van der Waals surface area contributed by atoms with Gasteiger partial charge in [-0.2, -0.15) is 5.10 Å². The Morgan fingerprint density at radius 3 is 2.60 bits per heavy atom. The number of methoxy groups -OCH3 is 2. The first-order valence-electron chi connectivity index (χ1n) is 10.4. The number of hydrazone groups is 1. The van der Waals surface area contributed by atoms with E-state index in [9.17, 15) is 9.59 Å². The summed E-state index contributed by atoms with van der Waals surface area (Å²) in [6.45, 7) is 0. The molecule has 0 aliphatic heterocycles. The molecule has 10 heteroatoms. The number of carbonyl (C=O) groups excluding carboxylic acids is 1. The van der Waals surface area contributed by atoms with Gasteiger partial charge in [0.05, 0.1) is 42.8 Å². The maximum atomic E-state index is 13.3. The molecule has 1 heterocycles. The highest BCUT2D eigenvalue weighted by Gasteiger charge is 2.15. The quantitative estimate of drug-likeness (QED) is 0.150. The van der Waals surface area contributed by atoms with E-state index >= 15 is 0 Å². The maximum Gasteiger partial charge on any atom is 0.266 e. The van der Waals surface area contributed by atoms with E-state index < -0.39 is 0 Å². The standard InChI is InChI=1S/C25H21BrN4O4S/c1-33-21-9-5-6-16(23(21)34-2)14-27-29-22(31)15-35-25-28-20-8-4-3-7-19(20)24(32)30(25)18-12-10-17(26)11-13-18/h3-14H,15H2,1-2H3,(H,29,31)/b27-14+. The minimum atomic E-state index is -0.349. The number of hydrogen-bond donors (Lipinski definition) is 1. The van der Waals surface area contributed by atoms with Crippen LogP contribution >= 0.6 is 27.7 Å². The van der Waals surface area contributed by atoms with E-state index in [1.807, 2.05) is 30.3 Å². The zero-order valence-corrected chi connectivity index (χ0v) is 21.3. The lowest BCUT2D eigenvalue weighted by Crippen LogP contribution is -2.24. The van der Waals surface area contributed by atoms with Crippen LogP contribution in [0.5, 0.6) is 11.5 Å². The number of carbonyl (C=O) groups is 1. The van der Waals surface area contributed by atoms with E-state index in [0.717, 1.165) is 16.2 Å². The van der Waals surface area contributed by atoms with Gasteiger partial charge in [0, 0.05) is 10.0 Å². The molecule has 0 unspecified atom stereocenters. The summed E-state index contributed by atoms with van der Waals surface area (Å²) in [6.07, 6.45) is 1.48. The third kappa shape index (κ3) is 5.55. The van der Waals surface area contributed by atoms with Crippen molar-refractivity contribution in [3.05, 3.63) is 87.1 Å². The highest BCUT2D eigenvalue weighted by atomic mass is 79.9. The highest BCUT2D eigenvalue weighted by molar-refractivity contribution is 9.10. The molecule has 4 aromatic rings. The smallest absolute Gasteiger partial charge is 0.266 e. The predicted molar refractivity (Wildman–Crippen MR) is 141 cm³/mol. The molecule has 1 amide bonds. The van der Waals surface area contributed by atoms with E-state index in [0.29, 0.717) is 38.8 Å². The number of ether oxygens (including phenoxy) is 2. The molecule has 1 N–H and O–H groups in total. The Bertz CT molecular complexity index is 1450. The van der Waals surface area contributed by atoms with Gasteiger partial charge >= 0.3 is 0 Å². The Hall–Kier alpha value is -3.63. The molecule has 0 spiro atoms. The Morgan fingerprint density at radius 2 is 1.86 bits per heavy atom. The topological polar surface area (TPSA) is 94.8 Å². The summed E-state index contributed by atoms with van der Waals surface area (Å²) >= 11 is 4.57. The summed E-state index contributed by atoms with van der Waals surface area (Å²) < 4.78 is 13.0. The van der Waals surface area contributed by atoms with Crippen molar-refractivity contribution in [2.75, 3.05) is 20.0 Å². The van der Waals surface area contributed by atoms with Crippen molar-refractivity contribution in [2.45, 2.75) is 5.16 Å². The summed E-state index contributed by atoms with van der Waals surface area (Å²) in [4.78, 5) is 30.4. The molecule has 0 radical (unpaired) electrons. The Labute approximate surface area is 214 Å². The fourth-order valence-electron chi connectivity index (χ4n) is 3.38. The van der Waals surface area contributed by atoms with Crippen LogP contribution in [-0.4, -0.2) is 41.6 Å². The molecule has 4 rings (SSSR count). The number of para-hydroxylation sites is 2. The van der Waals surface area contributed by atoms with Gasteiger partial charge in [0.2, 0.25) is 0 Å². The van der Waals surface area contributed by atoms with Gasteiger partial charge in [-0.3, -0.25) is 14.2 Å². The molecule has 0 fully saturated rings. The lowest BCUT2D eigenvalue weighted by Gasteiger charge is -2.13. The molecule has 0 bridgehead atoms. The third-order valence-electron chi connectivity index (χ3n) is 4.99. The summed E-state index contributed by atoms with van der Waals surface area (Å²) in [5.41, 5.74) is 4.17. The number of nitrogens with zero attached hydrogens (tertiary/aromatic N) is 3. The van der Waals surface area contributed by atoms with Crippen LogP contribution in [0.2, 0.25) is 0 Å². The van der Waals surface area contributed by atoms with Crippen LogP contribution in [0.1, 0.15) is 5.56 Å². The van der Waals surface area contributed by atoms with Gasteiger partial charge in [0.25, 0.3) is 11.5 Å². The molecule has 178 valence electrons. The zero-order chi connectivity index (χ0) is 24.8. The van der Waals surface area contributed by atoms with Gasteiger partial charge in [-0.25, -0.2) is 10.4 Å². The van der Waals surface area contributed by atoms with Crippen LogP contribution in [0.25, 0.3) is 16.6 Å². The summed E-state index contributed by atoms with van der Waals surface area (Å²) in [7, 11) is 3.08. The summed E-state index contributed by atoms with van der Waals surface area (Å²) in [5.74, 6) is 0.735. The number of benzene rings is 3. The van der Waals surface area contributed by atoms with E-state index in [2.05, 4.69) is 31.4 Å². The van der Waals surface area contributed by atoms with Crippen molar-refractivity contribution in [2.24, 2.45) is 5.10 Å². The number of rotatable bonds is 8. The van der Waals surface area contributed by atoms with E-state index in [-0.39, 0.29) is 17.2 Å². The number of hydrogen-bond acceptors (Lipinski definition) is 7. The molecule has 0 saturated carbocycles. The normalized spacial score (nSPS) is 11.1. The van der Waals surface area contributed by atoms with Gasteiger partial charge in [-0.15, -0.1) is 0 Å². The Kier molecular flexibility index (Phi) is 7.84. The number of fused-ring (bicyclic) bond motifs is 1. The van der Waals surface area contributed by atoms with Crippen molar-refractivity contribution in [3.8, 4) is 17.2 Å². The highest BCUT2D eigenvalue weighted by Crippen LogP contribution is 2.29. The SMILES string of the molecule is COc1cccc(/C=N/NC(=O)CSc2nc3ccccc3c(=O)n2-c2ccc(Br)cc2)c1OC. The predicted octanol–water partition coefficient (Wildman–Crippen LogP) is 4.41. The van der Waals surface area contributed by atoms with E-state index in [4.69, 9.17) is 9.47 Å². The molecule has 0 atom stereocenters. The average Bonchev–Trinajstić information content (AvgIpc) is 2.88. The second-order valence-corrected chi connectivity index (χ2v) is 9.05. The maximum absolute atomic E-state index is 13.3. The van der Waals surface area contributed by atoms with Crippen LogP contribution in [0.4, 0.5) is 0 Å². The molecule has 0 aliphatic carbocycles. The van der Waals surface area contributed by atoms with Crippen LogP contribution in [0.15, 0.2) is 86.3 Å². The number of thioether (sulfide) groups is 1. The van der Waals surface area contributed by atoms with Gasteiger partial charge in [-0.05, 0) is 48.5 Å². The average molecular weight is 553 g/mol. The number of aromatic nitrogens is 2. The molecule has 1 aromatic heterocycles. The van der Waals surface area contributed by atoms with Gasteiger partial charge in [-0.1, -0.05) is 45.9 Å². The van der Waals surface area contributed by atoms with Crippen molar-refractivity contribution < 1.29 is 14.3 Å². The molecule has 0 saturated heterocycles. The minimum Gasteiger partial charge on any atom is -0.493 e. The molecule has 35 heavy (non-hydrogen) atoms. The zero-order valence-electron chi connectivity index (χ0n) is 18.9. The lowest BCUT2D eigenvalue weighted by atomic mass is 10.2. The van der Waals surface area contributed by atoms with Crippen molar-refractivity contribution >= 4 is 50.7 Å². The van der Waals surface area contributed by atoms with Crippen molar-refractivity contribution in [3.63, 3.8) is 0 Å². The first-order valence-corrected chi connectivity index (χ1v) is 12.2. The van der Waals surface area contributed by atoms with Gasteiger partial charge < -0.3 is 9.47 Å². The number of nitrogens with one attached hydrogen (secondary N) is 1. The molecular weight excluding hydrogens is 532 g/mol. The molecule has 0 aliphatic rings. The fourth-order valence-corrected chi connectivity index (χ4v) is 4.45. The second-order valence-electron chi connectivity index (χ2n) is 7.19. The summed E-state index contributed by atoms with van der Waals surface area (Å²) in [5, 5.41) is 4.94. The number of halogens is 1. The largest absolute Gasteiger partial charge is 0.493 e. The van der Waals surface area contributed by atoms with Gasteiger partial charge in [0.1, 0.15) is 0 Å². The second kappa shape index (κ2) is 11.2. The van der Waals surface area contributed by atoms with E-state index in [1.54, 1.807) is 43.5 Å². The third-order valence-corrected chi connectivity index (χ3v) is 6.46. The van der Waals surface area contributed by atoms with Crippen molar-refractivity contribution in [1.82, 2.24) is 15.0 Å². The van der Waals surface area contributed by atoms with Gasteiger partial charge in [0.15, 0.2) is 16.7 Å². The van der Waals surface area contributed by atoms with E-state index in [1.165, 1.54) is 17.9 Å². The number of amides is 1. The first kappa shape index (κ1) is 24.5. The van der Waals surface area contributed by atoms with Crippen LogP contribution in [-0.2, 0) is 4.79 Å². The van der Waals surface area contributed by atoms with Crippen LogP contribution in [0.3, 0.4) is 0 Å². The Morgan fingerprint density at radius 1 is 1.09 bits per heavy atom. The van der Waals surface area contributed by atoms with Crippen molar-refractivity contribution in [1.29, 1.82) is 0 Å². The van der Waals surface area contributed by atoms with Crippen LogP contribution in [0, 0.1) is 0 Å². The monoisotopic (exact) mass is 552 g/mol. The molecule has 8 nitrogen and oxygen atoms in total. The lowest BCUT2D eigenvalue weighted by molar-refractivity contribution is -0.118. The molecule has 3 aromatic carbocycles. The first-order chi connectivity index (χ1) is 17.0. The Balaban J connectivity index is 1.55. The minimum absolute atomic E-state index is 0.00783. The molecular formula is C25H21BrN4O4S. The summed E-state index contributed by atoms with van der Waals surface area (Å²) in [6, 6.07) is 19.8. The van der Waals surface area contributed by atoms with Crippen LogP contribution < -0.4 is 20.5 Å². The fraction of sp³-hybridized carbons (Fsp3) is 0.120.